The highest BCUT2D eigenvalue weighted by Gasteiger charge is 2.28. The molecule has 0 saturated carbocycles. The van der Waals surface area contributed by atoms with Crippen molar-refractivity contribution in [1.82, 2.24) is 9.80 Å². The number of urea groups is 1. The van der Waals surface area contributed by atoms with E-state index in [9.17, 15) is 14.4 Å². The second kappa shape index (κ2) is 9.61. The van der Waals surface area contributed by atoms with Crippen LogP contribution in [0.4, 0.5) is 16.2 Å². The first-order valence-electron chi connectivity index (χ1n) is 10.9. The SMILES string of the molecule is Cc1ccc(NC(=O)N2CCN(C(=O)CCC3Cc4ccccc4NC3=O)CC2)cc1Cl. The highest BCUT2D eigenvalue weighted by molar-refractivity contribution is 6.31. The molecule has 2 aromatic carbocycles. The lowest BCUT2D eigenvalue weighted by molar-refractivity contribution is -0.133. The summed E-state index contributed by atoms with van der Waals surface area (Å²) < 4.78 is 0. The first-order valence-corrected chi connectivity index (χ1v) is 11.3. The first kappa shape index (κ1) is 22.1. The Kier molecular flexibility index (Phi) is 6.65. The molecule has 1 atom stereocenters. The summed E-state index contributed by atoms with van der Waals surface area (Å²) in [7, 11) is 0. The van der Waals surface area contributed by atoms with Crippen LogP contribution in [-0.4, -0.2) is 53.8 Å². The predicted molar refractivity (Wildman–Crippen MR) is 125 cm³/mol. The van der Waals surface area contributed by atoms with Crippen molar-refractivity contribution in [3.05, 3.63) is 58.6 Å². The van der Waals surface area contributed by atoms with Gasteiger partial charge in [-0.3, -0.25) is 9.59 Å². The molecular weight excluding hydrogens is 428 g/mol. The molecule has 2 N–H and O–H groups in total. The Morgan fingerprint density at radius 3 is 2.56 bits per heavy atom. The van der Waals surface area contributed by atoms with E-state index in [1.165, 1.54) is 0 Å². The third-order valence-electron chi connectivity index (χ3n) is 6.16. The van der Waals surface area contributed by atoms with Gasteiger partial charge in [-0.25, -0.2) is 4.79 Å². The zero-order valence-electron chi connectivity index (χ0n) is 18.1. The van der Waals surface area contributed by atoms with Crippen LogP contribution in [0, 0.1) is 12.8 Å². The zero-order valence-corrected chi connectivity index (χ0v) is 18.8. The number of nitrogens with zero attached hydrogens (tertiary/aromatic N) is 2. The lowest BCUT2D eigenvalue weighted by Gasteiger charge is -2.35. The fraction of sp³-hybridized carbons (Fsp3) is 0.375. The summed E-state index contributed by atoms with van der Waals surface area (Å²) in [6.45, 7) is 3.81. The number of fused-ring (bicyclic) bond motifs is 1. The van der Waals surface area contributed by atoms with Crippen LogP contribution in [-0.2, 0) is 16.0 Å². The maximum Gasteiger partial charge on any atom is 0.321 e. The van der Waals surface area contributed by atoms with Crippen LogP contribution in [0.25, 0.3) is 0 Å². The number of para-hydroxylation sites is 1. The molecule has 0 aromatic heterocycles. The van der Waals surface area contributed by atoms with Gasteiger partial charge in [-0.05, 0) is 49.1 Å². The second-order valence-electron chi connectivity index (χ2n) is 8.35. The monoisotopic (exact) mass is 454 g/mol. The van der Waals surface area contributed by atoms with Crippen LogP contribution >= 0.6 is 11.6 Å². The molecule has 4 rings (SSSR count). The van der Waals surface area contributed by atoms with E-state index < -0.39 is 0 Å². The van der Waals surface area contributed by atoms with Crippen molar-refractivity contribution < 1.29 is 14.4 Å². The summed E-state index contributed by atoms with van der Waals surface area (Å²) in [5, 5.41) is 6.40. The van der Waals surface area contributed by atoms with E-state index in [1.54, 1.807) is 15.9 Å². The van der Waals surface area contributed by atoms with Gasteiger partial charge in [0.25, 0.3) is 0 Å². The number of rotatable bonds is 4. The molecule has 0 spiro atoms. The third-order valence-corrected chi connectivity index (χ3v) is 6.57. The van der Waals surface area contributed by atoms with Gasteiger partial charge in [0.1, 0.15) is 0 Å². The number of hydrogen-bond donors (Lipinski definition) is 2. The maximum atomic E-state index is 12.7. The van der Waals surface area contributed by atoms with Crippen LogP contribution in [0.1, 0.15) is 24.0 Å². The van der Waals surface area contributed by atoms with Gasteiger partial charge >= 0.3 is 6.03 Å². The van der Waals surface area contributed by atoms with Gasteiger partial charge in [0.05, 0.1) is 0 Å². The molecule has 7 nitrogen and oxygen atoms in total. The molecule has 2 aromatic rings. The molecule has 0 aliphatic carbocycles. The number of piperazine rings is 1. The maximum absolute atomic E-state index is 12.7. The molecule has 1 fully saturated rings. The van der Waals surface area contributed by atoms with Crippen LogP contribution in [0.15, 0.2) is 42.5 Å². The van der Waals surface area contributed by atoms with Gasteiger partial charge in [-0.15, -0.1) is 0 Å². The number of hydrogen-bond acceptors (Lipinski definition) is 3. The van der Waals surface area contributed by atoms with Crippen molar-refractivity contribution in [3.8, 4) is 0 Å². The van der Waals surface area contributed by atoms with Crippen molar-refractivity contribution in [3.63, 3.8) is 0 Å². The van der Waals surface area contributed by atoms with Gasteiger partial charge in [0.15, 0.2) is 0 Å². The number of aryl methyl sites for hydroxylation is 1. The highest BCUT2D eigenvalue weighted by atomic mass is 35.5. The predicted octanol–water partition coefficient (Wildman–Crippen LogP) is 3.92. The molecule has 4 amide bonds. The Bertz CT molecular complexity index is 1030. The van der Waals surface area contributed by atoms with E-state index in [2.05, 4.69) is 10.6 Å². The highest BCUT2D eigenvalue weighted by Crippen LogP contribution is 2.28. The zero-order chi connectivity index (χ0) is 22.7. The summed E-state index contributed by atoms with van der Waals surface area (Å²) >= 11 is 6.12. The molecule has 32 heavy (non-hydrogen) atoms. The van der Waals surface area contributed by atoms with Gasteiger partial charge in [-0.2, -0.15) is 0 Å². The summed E-state index contributed by atoms with van der Waals surface area (Å²) in [5.41, 5.74) is 3.57. The van der Waals surface area contributed by atoms with Crippen LogP contribution in [0.5, 0.6) is 0 Å². The quantitative estimate of drug-likeness (QED) is 0.734. The number of carbonyl (C=O) groups excluding carboxylic acids is 3. The van der Waals surface area contributed by atoms with Crippen molar-refractivity contribution >= 4 is 40.8 Å². The van der Waals surface area contributed by atoms with Crippen LogP contribution < -0.4 is 10.6 Å². The smallest absolute Gasteiger partial charge is 0.321 e. The number of nitrogens with one attached hydrogen (secondary N) is 2. The Hall–Kier alpha value is -3.06. The lowest BCUT2D eigenvalue weighted by atomic mass is 9.89. The van der Waals surface area contributed by atoms with E-state index in [0.717, 1.165) is 16.8 Å². The standard InChI is InChI=1S/C24H27ClN4O3/c1-16-6-8-19(15-20(16)25)26-24(32)29-12-10-28(11-13-29)22(30)9-7-18-14-17-4-2-3-5-21(17)27-23(18)31/h2-6,8,15,18H,7,9-14H2,1H3,(H,26,32)(H,27,31). The van der Waals surface area contributed by atoms with Gasteiger partial charge in [0, 0.05) is 54.9 Å². The summed E-state index contributed by atoms with van der Waals surface area (Å²) in [5.74, 6) is -0.182. The molecule has 0 bridgehead atoms. The molecule has 1 saturated heterocycles. The Morgan fingerprint density at radius 2 is 1.81 bits per heavy atom. The molecule has 2 aliphatic rings. The third kappa shape index (κ3) is 5.05. The Balaban J connectivity index is 1.23. The summed E-state index contributed by atoms with van der Waals surface area (Å²) in [4.78, 5) is 41.1. The van der Waals surface area contributed by atoms with Gasteiger partial charge in [0.2, 0.25) is 11.8 Å². The minimum absolute atomic E-state index is 0.0193. The summed E-state index contributed by atoms with van der Waals surface area (Å²) in [6.07, 6.45) is 1.51. The van der Waals surface area contributed by atoms with Crippen molar-refractivity contribution in [1.29, 1.82) is 0 Å². The molecule has 8 heteroatoms. The minimum Gasteiger partial charge on any atom is -0.339 e. The fourth-order valence-electron chi connectivity index (χ4n) is 4.13. The Labute approximate surface area is 192 Å². The van der Waals surface area contributed by atoms with Gasteiger partial charge in [-0.1, -0.05) is 35.9 Å². The van der Waals surface area contributed by atoms with E-state index in [0.29, 0.717) is 56.2 Å². The van der Waals surface area contributed by atoms with E-state index >= 15 is 0 Å². The molecule has 0 radical (unpaired) electrons. The average Bonchev–Trinajstić information content (AvgIpc) is 2.80. The largest absolute Gasteiger partial charge is 0.339 e. The summed E-state index contributed by atoms with van der Waals surface area (Å²) in [6, 6.07) is 13.0. The lowest BCUT2D eigenvalue weighted by Crippen LogP contribution is -2.51. The second-order valence-corrected chi connectivity index (χ2v) is 8.76. The Morgan fingerprint density at radius 1 is 1.09 bits per heavy atom. The number of benzene rings is 2. The molecular formula is C24H27ClN4O3. The van der Waals surface area contributed by atoms with Crippen LogP contribution in [0.3, 0.4) is 0 Å². The van der Waals surface area contributed by atoms with E-state index in [1.807, 2.05) is 43.3 Å². The van der Waals surface area contributed by atoms with Crippen molar-refractivity contribution in [2.75, 3.05) is 36.8 Å². The molecule has 168 valence electrons. The minimum atomic E-state index is -0.199. The number of halogens is 1. The van der Waals surface area contributed by atoms with E-state index in [4.69, 9.17) is 11.6 Å². The van der Waals surface area contributed by atoms with E-state index in [-0.39, 0.29) is 23.8 Å². The molecule has 2 heterocycles. The van der Waals surface area contributed by atoms with Crippen LogP contribution in [0.2, 0.25) is 5.02 Å². The first-order chi connectivity index (χ1) is 15.4. The van der Waals surface area contributed by atoms with Crippen molar-refractivity contribution in [2.45, 2.75) is 26.2 Å². The average molecular weight is 455 g/mol. The number of anilines is 2. The number of carbonyl (C=O) groups is 3. The van der Waals surface area contributed by atoms with Crippen molar-refractivity contribution in [2.24, 2.45) is 5.92 Å². The topological polar surface area (TPSA) is 81.8 Å². The molecule has 2 aliphatic heterocycles. The van der Waals surface area contributed by atoms with Gasteiger partial charge < -0.3 is 20.4 Å². The normalized spacial score (nSPS) is 18.1. The molecule has 1 unspecified atom stereocenters. The fourth-order valence-corrected chi connectivity index (χ4v) is 4.31. The number of amides is 4.